The Bertz CT molecular complexity index is 1250. The Morgan fingerprint density at radius 3 is 2.15 bits per heavy atom. The van der Waals surface area contributed by atoms with E-state index in [2.05, 4.69) is 15.9 Å². The van der Waals surface area contributed by atoms with Gasteiger partial charge in [0.2, 0.25) is 0 Å². The first kappa shape index (κ1) is 17.2. The van der Waals surface area contributed by atoms with Gasteiger partial charge in [0.25, 0.3) is 5.69 Å². The van der Waals surface area contributed by atoms with Crippen LogP contribution < -0.4 is 5.69 Å². The van der Waals surface area contributed by atoms with Gasteiger partial charge in [-0.25, -0.2) is 9.18 Å². The first-order valence-corrected chi connectivity index (χ1v) is 8.70. The Hall–Kier alpha value is -3.26. The van der Waals surface area contributed by atoms with Crippen molar-refractivity contribution in [2.45, 2.75) is 0 Å². The van der Waals surface area contributed by atoms with Crippen molar-refractivity contribution in [1.29, 1.82) is 0 Å². The molecule has 1 heterocycles. The van der Waals surface area contributed by atoms with Crippen LogP contribution in [-0.4, -0.2) is 14.1 Å². The first-order chi connectivity index (χ1) is 13.0. The highest BCUT2D eigenvalue weighted by Crippen LogP contribution is 2.31. The fourth-order valence-corrected chi connectivity index (χ4v) is 3.39. The summed E-state index contributed by atoms with van der Waals surface area (Å²) < 4.78 is 16.7. The number of nitrogens with zero attached hydrogens (tertiary/aromatic N) is 3. The maximum atomic E-state index is 14.2. The van der Waals surface area contributed by atoms with Crippen LogP contribution in [0.25, 0.3) is 22.4 Å². The molecule has 0 aliphatic heterocycles. The van der Waals surface area contributed by atoms with Gasteiger partial charge >= 0.3 is 5.69 Å². The van der Waals surface area contributed by atoms with Gasteiger partial charge in [-0.15, -0.1) is 0 Å². The number of hydrogen-bond donors (Lipinski definition) is 0. The second kappa shape index (κ2) is 6.48. The van der Waals surface area contributed by atoms with Gasteiger partial charge < -0.3 is 0 Å². The van der Waals surface area contributed by atoms with Gasteiger partial charge in [-0.05, 0) is 40.2 Å². The van der Waals surface area contributed by atoms with E-state index in [1.165, 1.54) is 4.57 Å². The molecule has 0 N–H and O–H groups in total. The molecule has 134 valence electrons. The lowest BCUT2D eigenvalue weighted by Crippen LogP contribution is -2.22. The molecule has 0 fully saturated rings. The summed E-state index contributed by atoms with van der Waals surface area (Å²) in [7, 11) is 0. The Kier molecular flexibility index (Phi) is 4.12. The molecule has 0 unspecified atom stereocenters. The predicted molar refractivity (Wildman–Crippen MR) is 103 cm³/mol. The van der Waals surface area contributed by atoms with E-state index in [9.17, 15) is 19.3 Å². The molecule has 4 rings (SSSR count). The molecule has 0 atom stereocenters. The van der Waals surface area contributed by atoms with E-state index in [-0.39, 0.29) is 15.8 Å². The first-order valence-electron chi connectivity index (χ1n) is 7.91. The van der Waals surface area contributed by atoms with Crippen molar-refractivity contribution in [2.75, 3.05) is 0 Å². The van der Waals surface area contributed by atoms with E-state index < -0.39 is 16.4 Å². The lowest BCUT2D eigenvalue weighted by Gasteiger charge is -2.06. The highest BCUT2D eigenvalue weighted by Gasteiger charge is 2.24. The minimum absolute atomic E-state index is 0.0437. The second-order valence-corrected chi connectivity index (χ2v) is 6.64. The number of halogens is 2. The highest BCUT2D eigenvalue weighted by molar-refractivity contribution is 9.10. The number of rotatable bonds is 3. The van der Waals surface area contributed by atoms with Gasteiger partial charge in [0, 0.05) is 12.1 Å². The minimum atomic E-state index is -0.695. The lowest BCUT2D eigenvalue weighted by atomic mass is 10.2. The average molecular weight is 428 g/mol. The zero-order valence-electron chi connectivity index (χ0n) is 13.7. The Morgan fingerprint density at radius 1 is 0.926 bits per heavy atom. The summed E-state index contributed by atoms with van der Waals surface area (Å²) in [5.74, 6) is -0.695. The predicted octanol–water partition coefficient (Wildman–Crippen LogP) is 4.59. The monoisotopic (exact) mass is 427 g/mol. The quantitative estimate of drug-likeness (QED) is 0.354. The number of nitro benzene ring substituents is 1. The summed E-state index contributed by atoms with van der Waals surface area (Å²) in [5, 5.41) is 11.5. The zero-order chi connectivity index (χ0) is 19.1. The molecule has 0 aliphatic carbocycles. The molecule has 0 amide bonds. The van der Waals surface area contributed by atoms with Gasteiger partial charge in [-0.3, -0.25) is 19.2 Å². The number of hydrogen-bond acceptors (Lipinski definition) is 3. The van der Waals surface area contributed by atoms with E-state index >= 15 is 0 Å². The molecule has 0 saturated heterocycles. The number of fused-ring (bicyclic) bond motifs is 1. The zero-order valence-corrected chi connectivity index (χ0v) is 15.3. The molecular formula is C19H11BrFN3O3. The number of nitro groups is 1. The topological polar surface area (TPSA) is 70.1 Å². The van der Waals surface area contributed by atoms with E-state index in [1.54, 1.807) is 48.5 Å². The van der Waals surface area contributed by atoms with Crippen molar-refractivity contribution in [1.82, 2.24) is 9.13 Å². The van der Waals surface area contributed by atoms with E-state index in [0.29, 0.717) is 16.7 Å². The molecule has 27 heavy (non-hydrogen) atoms. The number of imidazole rings is 1. The van der Waals surface area contributed by atoms with Crippen molar-refractivity contribution in [3.63, 3.8) is 0 Å². The van der Waals surface area contributed by atoms with Crippen molar-refractivity contribution < 1.29 is 9.31 Å². The van der Waals surface area contributed by atoms with E-state index in [1.807, 2.05) is 6.07 Å². The van der Waals surface area contributed by atoms with Crippen molar-refractivity contribution >= 4 is 32.7 Å². The fourth-order valence-electron chi connectivity index (χ4n) is 3.06. The standard InChI is InChI=1S/C19H11BrFN3O3/c20-13-10-18(24(26)27)17(11-14(13)21)23-16-9-5-4-8-15(16)22(19(23)25)12-6-2-1-3-7-12/h1-11H. The molecule has 8 heteroatoms. The maximum absolute atomic E-state index is 14.2. The summed E-state index contributed by atoms with van der Waals surface area (Å²) in [6, 6.07) is 17.9. The molecule has 0 radical (unpaired) electrons. The summed E-state index contributed by atoms with van der Waals surface area (Å²) in [6.07, 6.45) is 0. The van der Waals surface area contributed by atoms with Gasteiger partial charge in [-0.1, -0.05) is 30.3 Å². The third kappa shape index (κ3) is 2.74. The van der Waals surface area contributed by atoms with Crippen LogP contribution in [0.15, 0.2) is 76.0 Å². The smallest absolute Gasteiger partial charge is 0.260 e. The summed E-state index contributed by atoms with van der Waals surface area (Å²) in [4.78, 5) is 24.1. The Morgan fingerprint density at radius 2 is 1.52 bits per heavy atom. The third-order valence-corrected chi connectivity index (χ3v) is 4.82. The largest absolute Gasteiger partial charge is 0.338 e. The number of aromatic nitrogens is 2. The van der Waals surface area contributed by atoms with Crippen LogP contribution in [0.2, 0.25) is 0 Å². The van der Waals surface area contributed by atoms with Gasteiger partial charge in [0.1, 0.15) is 11.5 Å². The van der Waals surface area contributed by atoms with Gasteiger partial charge in [-0.2, -0.15) is 0 Å². The van der Waals surface area contributed by atoms with Gasteiger partial charge in [0.15, 0.2) is 0 Å². The normalized spacial score (nSPS) is 11.0. The number of para-hydroxylation sites is 3. The maximum Gasteiger partial charge on any atom is 0.338 e. The van der Waals surface area contributed by atoms with Crippen LogP contribution >= 0.6 is 15.9 Å². The van der Waals surface area contributed by atoms with Crippen LogP contribution in [-0.2, 0) is 0 Å². The van der Waals surface area contributed by atoms with Crippen molar-refractivity contribution in [3.05, 3.63) is 97.6 Å². The lowest BCUT2D eigenvalue weighted by molar-refractivity contribution is -0.384. The second-order valence-electron chi connectivity index (χ2n) is 5.79. The molecule has 0 saturated carbocycles. The van der Waals surface area contributed by atoms with Crippen LogP contribution in [0.4, 0.5) is 10.1 Å². The van der Waals surface area contributed by atoms with E-state index in [0.717, 1.165) is 16.7 Å². The summed E-state index contributed by atoms with van der Waals surface area (Å²) in [5.41, 5.74) is 0.588. The van der Waals surface area contributed by atoms with Crippen molar-refractivity contribution in [3.8, 4) is 11.4 Å². The Labute approximate surface area is 160 Å². The van der Waals surface area contributed by atoms with Crippen LogP contribution in [0.3, 0.4) is 0 Å². The molecule has 0 aliphatic rings. The highest BCUT2D eigenvalue weighted by atomic mass is 79.9. The van der Waals surface area contributed by atoms with Crippen LogP contribution in [0.1, 0.15) is 0 Å². The van der Waals surface area contributed by atoms with Gasteiger partial charge in [0.05, 0.1) is 26.1 Å². The molecular weight excluding hydrogens is 417 g/mol. The van der Waals surface area contributed by atoms with Crippen molar-refractivity contribution in [2.24, 2.45) is 0 Å². The molecule has 0 spiro atoms. The SMILES string of the molecule is O=c1n(-c2ccccc2)c2ccccc2n1-c1cc(F)c(Br)cc1[N+](=O)[O-]. The fraction of sp³-hybridized carbons (Fsp3) is 0. The molecule has 3 aromatic carbocycles. The Balaban J connectivity index is 2.15. The van der Waals surface area contributed by atoms with E-state index in [4.69, 9.17) is 0 Å². The number of benzene rings is 3. The molecule has 1 aromatic heterocycles. The third-order valence-electron chi connectivity index (χ3n) is 4.22. The molecule has 6 nitrogen and oxygen atoms in total. The molecule has 4 aromatic rings. The van der Waals surface area contributed by atoms with Crippen LogP contribution in [0, 0.1) is 15.9 Å². The molecule has 0 bridgehead atoms. The summed E-state index contributed by atoms with van der Waals surface area (Å²) in [6.45, 7) is 0. The summed E-state index contributed by atoms with van der Waals surface area (Å²) >= 11 is 2.96. The minimum Gasteiger partial charge on any atom is -0.260 e. The average Bonchev–Trinajstić information content (AvgIpc) is 2.96. The van der Waals surface area contributed by atoms with Crippen LogP contribution in [0.5, 0.6) is 0 Å².